The summed E-state index contributed by atoms with van der Waals surface area (Å²) in [4.78, 5) is 30.8. The number of epoxide rings is 1. The highest BCUT2D eigenvalue weighted by Crippen LogP contribution is 2.46. The Bertz CT molecular complexity index is 1310. The zero-order valence-corrected chi connectivity index (χ0v) is 29.3. The van der Waals surface area contributed by atoms with E-state index in [1.807, 2.05) is 25.1 Å². The van der Waals surface area contributed by atoms with Crippen LogP contribution in [-0.2, 0) is 23.7 Å². The van der Waals surface area contributed by atoms with Gasteiger partial charge in [-0.05, 0) is 46.6 Å². The number of benzene rings is 1. The molecule has 1 aromatic rings. The maximum absolute atomic E-state index is 13.4. The van der Waals surface area contributed by atoms with Crippen molar-refractivity contribution in [1.29, 1.82) is 0 Å². The molecule has 1 spiro atoms. The van der Waals surface area contributed by atoms with Crippen molar-refractivity contribution in [2.24, 2.45) is 0 Å². The molecule has 10 heteroatoms. The first-order valence-corrected chi connectivity index (χ1v) is 18.1. The molecule has 10 nitrogen and oxygen atoms in total. The number of rotatable bonds is 9. The van der Waals surface area contributed by atoms with Crippen LogP contribution >= 0.6 is 0 Å². The molecule has 3 unspecified atom stereocenters. The minimum Gasteiger partial charge on any atom is -0.441 e. The second-order valence-electron chi connectivity index (χ2n) is 15.0. The fraction of sp³-hybridized carbons (Fsp3) is 0.684. The number of hydrogen-bond acceptors (Lipinski definition) is 8. The van der Waals surface area contributed by atoms with Gasteiger partial charge in [-0.2, -0.15) is 0 Å². The Morgan fingerprint density at radius 2 is 1.77 bits per heavy atom. The van der Waals surface area contributed by atoms with Crippen LogP contribution in [0.1, 0.15) is 101 Å². The Balaban J connectivity index is 0.932. The predicted molar refractivity (Wildman–Crippen MR) is 183 cm³/mol. The van der Waals surface area contributed by atoms with Gasteiger partial charge in [-0.15, -0.1) is 0 Å². The molecular weight excluding hydrogens is 610 g/mol. The summed E-state index contributed by atoms with van der Waals surface area (Å²) < 4.78 is 29.8. The van der Waals surface area contributed by atoms with Gasteiger partial charge < -0.3 is 33.9 Å². The topological polar surface area (TPSA) is 102 Å². The smallest absolute Gasteiger partial charge is 0.410 e. The lowest BCUT2D eigenvalue weighted by molar-refractivity contribution is -0.185. The Morgan fingerprint density at radius 3 is 2.48 bits per heavy atom. The third kappa shape index (κ3) is 9.27. The van der Waals surface area contributed by atoms with E-state index in [2.05, 4.69) is 49.2 Å². The van der Waals surface area contributed by atoms with Gasteiger partial charge >= 0.3 is 6.09 Å². The highest BCUT2D eigenvalue weighted by atomic mass is 16.7. The molecule has 5 aliphatic rings. The Hall–Kier alpha value is -2.76. The molecule has 1 saturated carbocycles. The summed E-state index contributed by atoms with van der Waals surface area (Å²) in [6.45, 7) is 12.8. The zero-order chi connectivity index (χ0) is 33.7. The van der Waals surface area contributed by atoms with Crippen molar-refractivity contribution < 1.29 is 33.3 Å². The average molecular weight is 666 g/mol. The molecule has 3 atom stereocenters. The maximum Gasteiger partial charge on any atom is 0.410 e. The van der Waals surface area contributed by atoms with E-state index in [4.69, 9.17) is 23.7 Å². The van der Waals surface area contributed by atoms with Gasteiger partial charge in [-0.1, -0.05) is 61.3 Å². The number of hydrogen-bond donors (Lipinski definition) is 1. The van der Waals surface area contributed by atoms with Gasteiger partial charge in [0.05, 0.1) is 43.2 Å². The van der Waals surface area contributed by atoms with E-state index in [9.17, 15) is 9.59 Å². The number of amides is 2. The Labute approximate surface area is 286 Å². The van der Waals surface area contributed by atoms with Crippen LogP contribution in [0.15, 0.2) is 48.1 Å². The average Bonchev–Trinajstić information content (AvgIpc) is 3.83. The van der Waals surface area contributed by atoms with Crippen LogP contribution in [0.5, 0.6) is 0 Å². The first-order valence-electron chi connectivity index (χ1n) is 18.1. The lowest BCUT2D eigenvalue weighted by Gasteiger charge is -2.40. The fourth-order valence-electron chi connectivity index (χ4n) is 7.84. The standard InChI is InChI=1S/C38H55N3O7/c1-27(14-16-31-22-38(26-46-38)25-37(3,4)48-31)15-17-34-44-23-29(24-45-34)39-35(42)33-13-9-8-12-32(33)28(2)47-36(43)41-20-18-40(19-21-41)30-10-6-5-7-11-30/h8-9,12-16,28-31,34H,5-7,10-11,17-26H2,1-4H3,(H,39,42). The molecule has 4 saturated heterocycles. The number of piperazine rings is 1. The lowest BCUT2D eigenvalue weighted by atomic mass is 9.85. The molecule has 48 heavy (non-hydrogen) atoms. The molecule has 6 rings (SSSR count). The largest absolute Gasteiger partial charge is 0.441 e. The van der Waals surface area contributed by atoms with Crippen LogP contribution in [0.4, 0.5) is 4.79 Å². The lowest BCUT2D eigenvalue weighted by Crippen LogP contribution is -2.52. The number of nitrogens with one attached hydrogen (secondary N) is 1. The molecular formula is C38H55N3O7. The van der Waals surface area contributed by atoms with E-state index >= 15 is 0 Å². The van der Waals surface area contributed by atoms with Crippen molar-refractivity contribution in [1.82, 2.24) is 15.1 Å². The molecule has 1 aromatic carbocycles. The van der Waals surface area contributed by atoms with Gasteiger partial charge in [0.2, 0.25) is 0 Å². The molecule has 0 bridgehead atoms. The summed E-state index contributed by atoms with van der Waals surface area (Å²) in [5.41, 5.74) is 2.09. The second-order valence-corrected chi connectivity index (χ2v) is 15.0. The van der Waals surface area contributed by atoms with Gasteiger partial charge in [0.25, 0.3) is 5.91 Å². The molecule has 0 aromatic heterocycles. The number of carbonyl (C=O) groups is 2. The molecule has 4 aliphatic heterocycles. The Kier molecular flexibility index (Phi) is 11.3. The number of carbonyl (C=O) groups excluding carboxylic acids is 2. The van der Waals surface area contributed by atoms with Crippen molar-refractivity contribution in [3.8, 4) is 0 Å². The van der Waals surface area contributed by atoms with Crippen molar-refractivity contribution in [3.05, 3.63) is 59.2 Å². The zero-order valence-electron chi connectivity index (χ0n) is 29.3. The minimum absolute atomic E-state index is 0.00110. The highest BCUT2D eigenvalue weighted by Gasteiger charge is 2.53. The molecule has 5 fully saturated rings. The second kappa shape index (κ2) is 15.4. The molecule has 4 heterocycles. The number of nitrogens with zero attached hydrogens (tertiary/aromatic N) is 2. The van der Waals surface area contributed by atoms with E-state index in [1.165, 1.54) is 32.1 Å². The van der Waals surface area contributed by atoms with Crippen molar-refractivity contribution >= 4 is 12.0 Å². The molecule has 264 valence electrons. The van der Waals surface area contributed by atoms with E-state index in [-0.39, 0.29) is 41.6 Å². The first kappa shape index (κ1) is 35.1. The minimum atomic E-state index is -0.567. The van der Waals surface area contributed by atoms with E-state index in [0.717, 1.165) is 38.1 Å². The normalized spacial score (nSPS) is 30.7. The van der Waals surface area contributed by atoms with Crippen LogP contribution in [0.2, 0.25) is 0 Å². The molecule has 1 N–H and O–H groups in total. The van der Waals surface area contributed by atoms with Gasteiger partial charge in [0.15, 0.2) is 6.29 Å². The first-order chi connectivity index (χ1) is 23.1. The summed E-state index contributed by atoms with van der Waals surface area (Å²) in [5.74, 6) is -0.238. The van der Waals surface area contributed by atoms with E-state index < -0.39 is 6.10 Å². The molecule has 1 aliphatic carbocycles. The third-order valence-corrected chi connectivity index (χ3v) is 10.4. The monoisotopic (exact) mass is 665 g/mol. The number of ether oxygens (including phenoxy) is 5. The maximum atomic E-state index is 13.4. The summed E-state index contributed by atoms with van der Waals surface area (Å²) in [6, 6.07) is 7.67. The fourth-order valence-corrected chi connectivity index (χ4v) is 7.84. The van der Waals surface area contributed by atoms with Gasteiger partial charge in [-0.25, -0.2) is 4.79 Å². The predicted octanol–water partition coefficient (Wildman–Crippen LogP) is 5.93. The van der Waals surface area contributed by atoms with Crippen LogP contribution < -0.4 is 5.32 Å². The molecule has 0 radical (unpaired) electrons. The summed E-state index contributed by atoms with van der Waals surface area (Å²) in [5, 5.41) is 3.05. The van der Waals surface area contributed by atoms with Crippen LogP contribution in [0, 0.1) is 0 Å². The van der Waals surface area contributed by atoms with E-state index in [0.29, 0.717) is 49.9 Å². The van der Waals surface area contributed by atoms with Gasteiger partial charge in [-0.3, -0.25) is 9.69 Å². The van der Waals surface area contributed by atoms with Crippen LogP contribution in [0.3, 0.4) is 0 Å². The van der Waals surface area contributed by atoms with Crippen molar-refractivity contribution in [2.45, 2.75) is 121 Å². The highest BCUT2D eigenvalue weighted by molar-refractivity contribution is 5.96. The molecule has 2 amide bonds. The van der Waals surface area contributed by atoms with Crippen molar-refractivity contribution in [2.75, 3.05) is 46.0 Å². The summed E-state index contributed by atoms with van der Waals surface area (Å²) in [7, 11) is 0. The Morgan fingerprint density at radius 1 is 1.06 bits per heavy atom. The SMILES string of the molecule is CC(C=CC1CC2(CO2)CC(C)(C)O1)=CCC1OCC(NC(=O)c2ccccc2C(C)OC(=O)N2CCN(C3CCCCC3)CC2)CO1. The third-order valence-electron chi connectivity index (χ3n) is 10.4. The number of allylic oxidation sites excluding steroid dienone is 2. The van der Waals surface area contributed by atoms with E-state index in [1.54, 1.807) is 11.0 Å². The van der Waals surface area contributed by atoms with Crippen LogP contribution in [0.25, 0.3) is 0 Å². The quantitative estimate of drug-likeness (QED) is 0.256. The van der Waals surface area contributed by atoms with Gasteiger partial charge in [0, 0.05) is 62.6 Å². The van der Waals surface area contributed by atoms with Crippen molar-refractivity contribution in [3.63, 3.8) is 0 Å². The summed E-state index contributed by atoms with van der Waals surface area (Å²) >= 11 is 0. The van der Waals surface area contributed by atoms with Crippen LogP contribution in [-0.4, -0.2) is 103 Å². The van der Waals surface area contributed by atoms with Gasteiger partial charge in [0.1, 0.15) is 6.10 Å². The summed E-state index contributed by atoms with van der Waals surface area (Å²) in [6.07, 6.45) is 14.0.